The molecule has 2 rings (SSSR count). The van der Waals surface area contributed by atoms with Gasteiger partial charge in [-0.2, -0.15) is 4.80 Å². The Labute approximate surface area is 153 Å². The minimum Gasteiger partial charge on any atom is -0.343 e. The number of hydrogen-bond donors (Lipinski definition) is 1. The van der Waals surface area contributed by atoms with Crippen LogP contribution in [0, 0.1) is 5.41 Å². The van der Waals surface area contributed by atoms with E-state index in [0.29, 0.717) is 30.4 Å². The van der Waals surface area contributed by atoms with Crippen molar-refractivity contribution < 1.29 is 4.79 Å². The lowest BCUT2D eigenvalue weighted by Crippen LogP contribution is -2.43. The highest BCUT2D eigenvalue weighted by Crippen LogP contribution is 2.21. The lowest BCUT2D eigenvalue weighted by Gasteiger charge is -2.30. The number of benzene rings is 1. The molecule has 1 atom stereocenters. The Morgan fingerprint density at radius 2 is 2.00 bits per heavy atom. The normalized spacial score (nSPS) is 12.9. The first-order chi connectivity index (χ1) is 11.8. The van der Waals surface area contributed by atoms with Gasteiger partial charge in [0.2, 0.25) is 11.7 Å². The predicted molar refractivity (Wildman–Crippen MR) is 98.1 cm³/mol. The second-order valence-electron chi connectivity index (χ2n) is 6.93. The topological polar surface area (TPSA) is 89.9 Å². The fourth-order valence-electron chi connectivity index (χ4n) is 2.55. The van der Waals surface area contributed by atoms with Gasteiger partial charge >= 0.3 is 0 Å². The van der Waals surface area contributed by atoms with E-state index in [4.69, 9.17) is 17.3 Å². The molecule has 0 spiro atoms. The van der Waals surface area contributed by atoms with Crippen LogP contribution in [0.5, 0.6) is 0 Å². The Morgan fingerprint density at radius 1 is 1.36 bits per heavy atom. The second kappa shape index (κ2) is 7.93. The first-order valence-electron chi connectivity index (χ1n) is 8.28. The van der Waals surface area contributed by atoms with Crippen LogP contribution in [0.1, 0.15) is 33.2 Å². The zero-order chi connectivity index (χ0) is 18.6. The molecule has 1 heterocycles. The summed E-state index contributed by atoms with van der Waals surface area (Å²) in [6.45, 7) is 7.06. The molecule has 25 heavy (non-hydrogen) atoms. The number of aromatic nitrogens is 4. The van der Waals surface area contributed by atoms with Gasteiger partial charge in [0.05, 0.1) is 0 Å². The number of nitrogens with two attached hydrogens (primary N) is 1. The van der Waals surface area contributed by atoms with Crippen LogP contribution in [-0.4, -0.2) is 51.2 Å². The standard InChI is InChI=1S/C17H25ClN6O/c1-5-14(16(25)23(4)11-17(2,3)10-19)24-21-15(20-22-24)12-6-8-13(18)9-7-12/h6-9,14H,5,10-11,19H2,1-4H3. The van der Waals surface area contributed by atoms with Crippen LogP contribution in [0.2, 0.25) is 5.02 Å². The summed E-state index contributed by atoms with van der Waals surface area (Å²) < 4.78 is 0. The monoisotopic (exact) mass is 364 g/mol. The van der Waals surface area contributed by atoms with E-state index in [9.17, 15) is 4.79 Å². The van der Waals surface area contributed by atoms with E-state index >= 15 is 0 Å². The Kier molecular flexibility index (Phi) is 6.13. The van der Waals surface area contributed by atoms with Gasteiger partial charge in [-0.1, -0.05) is 32.4 Å². The first kappa shape index (κ1) is 19.3. The summed E-state index contributed by atoms with van der Waals surface area (Å²) in [5.74, 6) is 0.414. The summed E-state index contributed by atoms with van der Waals surface area (Å²) in [7, 11) is 1.78. The minimum atomic E-state index is -0.493. The molecule has 0 fully saturated rings. The molecule has 136 valence electrons. The average molecular weight is 365 g/mol. The number of hydrogen-bond acceptors (Lipinski definition) is 5. The van der Waals surface area contributed by atoms with Crippen molar-refractivity contribution in [2.24, 2.45) is 11.1 Å². The fraction of sp³-hybridized carbons (Fsp3) is 0.529. The van der Waals surface area contributed by atoms with Gasteiger partial charge in [-0.3, -0.25) is 4.79 Å². The van der Waals surface area contributed by atoms with Crippen LogP contribution < -0.4 is 5.73 Å². The molecule has 0 saturated carbocycles. The highest BCUT2D eigenvalue weighted by Gasteiger charge is 2.28. The highest BCUT2D eigenvalue weighted by atomic mass is 35.5. The molecule has 8 heteroatoms. The van der Waals surface area contributed by atoms with E-state index < -0.39 is 6.04 Å². The van der Waals surface area contributed by atoms with E-state index in [1.807, 2.05) is 32.9 Å². The number of likely N-dealkylation sites (N-methyl/N-ethyl adjacent to an activating group) is 1. The van der Waals surface area contributed by atoms with Crippen molar-refractivity contribution in [1.82, 2.24) is 25.1 Å². The van der Waals surface area contributed by atoms with Gasteiger partial charge in [0.15, 0.2) is 6.04 Å². The lowest BCUT2D eigenvalue weighted by molar-refractivity contribution is -0.135. The van der Waals surface area contributed by atoms with Gasteiger partial charge in [0, 0.05) is 24.2 Å². The fourth-order valence-corrected chi connectivity index (χ4v) is 2.67. The summed E-state index contributed by atoms with van der Waals surface area (Å²) >= 11 is 5.90. The van der Waals surface area contributed by atoms with Gasteiger partial charge in [-0.15, -0.1) is 10.2 Å². The molecule has 2 N–H and O–H groups in total. The summed E-state index contributed by atoms with van der Waals surface area (Å²) in [6, 6.07) is 6.68. The van der Waals surface area contributed by atoms with Gasteiger partial charge in [-0.05, 0) is 47.9 Å². The number of rotatable bonds is 7. The van der Waals surface area contributed by atoms with Crippen LogP contribution in [0.25, 0.3) is 11.4 Å². The maximum Gasteiger partial charge on any atom is 0.249 e. The molecule has 1 aromatic carbocycles. The van der Waals surface area contributed by atoms with E-state index in [0.717, 1.165) is 5.56 Å². The molecule has 2 aromatic rings. The molecule has 0 aliphatic rings. The van der Waals surface area contributed by atoms with Gasteiger partial charge < -0.3 is 10.6 Å². The number of amides is 1. The van der Waals surface area contributed by atoms with E-state index in [1.54, 1.807) is 24.1 Å². The van der Waals surface area contributed by atoms with Crippen LogP contribution in [0.3, 0.4) is 0 Å². The van der Waals surface area contributed by atoms with Crippen molar-refractivity contribution in [2.45, 2.75) is 33.2 Å². The third kappa shape index (κ3) is 4.76. The molecule has 0 bridgehead atoms. The molecule has 0 saturated heterocycles. The molecule has 1 amide bonds. The first-order valence-corrected chi connectivity index (χ1v) is 8.65. The predicted octanol–water partition coefficient (Wildman–Crippen LogP) is 2.39. The number of carbonyl (C=O) groups excluding carboxylic acids is 1. The van der Waals surface area contributed by atoms with Crippen molar-refractivity contribution in [3.8, 4) is 11.4 Å². The third-order valence-electron chi connectivity index (χ3n) is 4.08. The van der Waals surface area contributed by atoms with Gasteiger partial charge in [0.1, 0.15) is 0 Å². The zero-order valence-corrected chi connectivity index (χ0v) is 15.9. The third-order valence-corrected chi connectivity index (χ3v) is 4.33. The Bertz CT molecular complexity index is 712. The minimum absolute atomic E-state index is 0.0518. The van der Waals surface area contributed by atoms with Gasteiger partial charge in [-0.25, -0.2) is 0 Å². The summed E-state index contributed by atoms with van der Waals surface area (Å²) in [5, 5.41) is 13.2. The zero-order valence-electron chi connectivity index (χ0n) is 15.1. The Morgan fingerprint density at radius 3 is 2.56 bits per heavy atom. The van der Waals surface area contributed by atoms with Crippen molar-refractivity contribution in [2.75, 3.05) is 20.1 Å². The van der Waals surface area contributed by atoms with Crippen LogP contribution in [0.15, 0.2) is 24.3 Å². The Hall–Kier alpha value is -1.99. The van der Waals surface area contributed by atoms with Crippen LogP contribution >= 0.6 is 11.6 Å². The van der Waals surface area contributed by atoms with Crippen molar-refractivity contribution in [3.63, 3.8) is 0 Å². The average Bonchev–Trinajstić information content (AvgIpc) is 3.05. The molecule has 0 aliphatic heterocycles. The summed E-state index contributed by atoms with van der Waals surface area (Å²) in [6.07, 6.45) is 0.572. The van der Waals surface area contributed by atoms with Crippen molar-refractivity contribution in [3.05, 3.63) is 29.3 Å². The molecular weight excluding hydrogens is 340 g/mol. The summed E-state index contributed by atoms with van der Waals surface area (Å²) in [5.41, 5.74) is 6.42. The molecule has 1 unspecified atom stereocenters. The van der Waals surface area contributed by atoms with Crippen LogP contribution in [-0.2, 0) is 4.79 Å². The Balaban J connectivity index is 2.17. The molecule has 0 radical (unpaired) electrons. The molecular formula is C17H25ClN6O. The second-order valence-corrected chi connectivity index (χ2v) is 7.36. The quantitative estimate of drug-likeness (QED) is 0.814. The van der Waals surface area contributed by atoms with E-state index in [2.05, 4.69) is 15.4 Å². The smallest absolute Gasteiger partial charge is 0.249 e. The SMILES string of the molecule is CCC(C(=O)N(C)CC(C)(C)CN)n1nnc(-c2ccc(Cl)cc2)n1. The number of halogens is 1. The maximum absolute atomic E-state index is 12.8. The number of nitrogens with zero attached hydrogens (tertiary/aromatic N) is 5. The molecule has 7 nitrogen and oxygen atoms in total. The van der Waals surface area contributed by atoms with Crippen molar-refractivity contribution in [1.29, 1.82) is 0 Å². The summed E-state index contributed by atoms with van der Waals surface area (Å²) in [4.78, 5) is 15.9. The number of carbonyl (C=O) groups is 1. The molecule has 1 aromatic heterocycles. The van der Waals surface area contributed by atoms with E-state index in [-0.39, 0.29) is 11.3 Å². The molecule has 0 aliphatic carbocycles. The van der Waals surface area contributed by atoms with Crippen LogP contribution in [0.4, 0.5) is 0 Å². The highest BCUT2D eigenvalue weighted by molar-refractivity contribution is 6.30. The number of tetrazole rings is 1. The van der Waals surface area contributed by atoms with Gasteiger partial charge in [0.25, 0.3) is 0 Å². The lowest BCUT2D eigenvalue weighted by atomic mass is 9.93. The van der Waals surface area contributed by atoms with Crippen molar-refractivity contribution >= 4 is 17.5 Å². The van der Waals surface area contributed by atoms with E-state index in [1.165, 1.54) is 4.80 Å². The maximum atomic E-state index is 12.8. The largest absolute Gasteiger partial charge is 0.343 e.